The Labute approximate surface area is 129 Å². The smallest absolute Gasteiger partial charge is 0.243 e. The van der Waals surface area contributed by atoms with Crippen LogP contribution in [0.5, 0.6) is 0 Å². The van der Waals surface area contributed by atoms with E-state index in [1.807, 2.05) is 0 Å². The molecule has 6 heteroatoms. The molecule has 0 aromatic carbocycles. The quantitative estimate of drug-likeness (QED) is 0.871. The molecule has 2 rings (SSSR count). The first-order valence-electron chi connectivity index (χ1n) is 7.24. The van der Waals surface area contributed by atoms with Gasteiger partial charge in [0, 0.05) is 12.3 Å². The van der Waals surface area contributed by atoms with Gasteiger partial charge in [-0.25, -0.2) is 0 Å². The summed E-state index contributed by atoms with van der Waals surface area (Å²) < 4.78 is 4.97. The van der Waals surface area contributed by atoms with Gasteiger partial charge >= 0.3 is 0 Å². The minimum absolute atomic E-state index is 0.0228. The van der Waals surface area contributed by atoms with Crippen molar-refractivity contribution in [3.8, 4) is 0 Å². The molecule has 1 N–H and O–H groups in total. The number of nitrogens with one attached hydrogen (secondary N) is 1. The van der Waals surface area contributed by atoms with Gasteiger partial charge in [-0.15, -0.1) is 11.8 Å². The average molecular weight is 310 g/mol. The summed E-state index contributed by atoms with van der Waals surface area (Å²) in [5.74, 6) is 1.75. The first-order chi connectivity index (χ1) is 10.1. The summed E-state index contributed by atoms with van der Waals surface area (Å²) in [5.41, 5.74) is 0.843. The van der Waals surface area contributed by atoms with E-state index in [4.69, 9.17) is 4.42 Å². The monoisotopic (exact) mass is 310 g/mol. The Morgan fingerprint density at radius 1 is 1.52 bits per heavy atom. The number of furan rings is 1. The summed E-state index contributed by atoms with van der Waals surface area (Å²) in [6.07, 6.45) is 4.36. The molecule has 1 aliphatic heterocycles. The molecule has 1 saturated heterocycles. The second-order valence-electron chi connectivity index (χ2n) is 5.66. The molecule has 1 aliphatic rings. The van der Waals surface area contributed by atoms with E-state index in [1.165, 1.54) is 0 Å². The number of rotatable bonds is 6. The molecule has 0 saturated carbocycles. The molecule has 21 heavy (non-hydrogen) atoms. The number of amides is 2. The van der Waals surface area contributed by atoms with Crippen LogP contribution in [0.4, 0.5) is 0 Å². The molecule has 1 atom stereocenters. The van der Waals surface area contributed by atoms with E-state index >= 15 is 0 Å². The van der Waals surface area contributed by atoms with Crippen molar-refractivity contribution >= 4 is 23.6 Å². The van der Waals surface area contributed by atoms with E-state index in [0.717, 1.165) is 12.0 Å². The van der Waals surface area contributed by atoms with Crippen LogP contribution in [-0.4, -0.2) is 40.9 Å². The predicted octanol–water partition coefficient (Wildman–Crippen LogP) is 1.89. The van der Waals surface area contributed by atoms with E-state index < -0.39 is 0 Å². The number of hydrogen-bond donors (Lipinski definition) is 1. The molecule has 1 fully saturated rings. The van der Waals surface area contributed by atoms with Gasteiger partial charge in [-0.1, -0.05) is 13.8 Å². The third-order valence-corrected chi connectivity index (χ3v) is 4.47. The molecule has 0 aliphatic carbocycles. The Balaban J connectivity index is 1.87. The fourth-order valence-electron chi connectivity index (χ4n) is 2.18. The minimum Gasteiger partial charge on any atom is -0.472 e. The summed E-state index contributed by atoms with van der Waals surface area (Å²) in [6, 6.07) is 1.43. The summed E-state index contributed by atoms with van der Waals surface area (Å²) in [7, 11) is 0. The van der Waals surface area contributed by atoms with Gasteiger partial charge < -0.3 is 14.6 Å². The number of carbonyl (C=O) groups is 2. The molecular weight excluding hydrogens is 288 g/mol. The Bertz CT molecular complexity index is 473. The highest BCUT2D eigenvalue weighted by atomic mass is 32.2. The average Bonchev–Trinajstić information content (AvgIpc) is 3.08. The maximum atomic E-state index is 12.3. The Morgan fingerprint density at radius 2 is 2.33 bits per heavy atom. The van der Waals surface area contributed by atoms with Gasteiger partial charge in [-0.3, -0.25) is 9.59 Å². The summed E-state index contributed by atoms with van der Waals surface area (Å²) >= 11 is 1.62. The zero-order valence-corrected chi connectivity index (χ0v) is 13.3. The summed E-state index contributed by atoms with van der Waals surface area (Å²) in [5, 5.41) is 2.93. The van der Waals surface area contributed by atoms with Gasteiger partial charge in [-0.05, 0) is 24.0 Å². The van der Waals surface area contributed by atoms with Crippen LogP contribution in [0.3, 0.4) is 0 Å². The van der Waals surface area contributed by atoms with Gasteiger partial charge in [0.2, 0.25) is 11.8 Å². The molecule has 0 radical (unpaired) electrons. The zero-order chi connectivity index (χ0) is 15.2. The first kappa shape index (κ1) is 15.9. The number of carbonyl (C=O) groups excluding carboxylic acids is 2. The van der Waals surface area contributed by atoms with Crippen molar-refractivity contribution in [2.75, 3.05) is 18.2 Å². The Morgan fingerprint density at radius 3 is 3.00 bits per heavy atom. The molecule has 1 aromatic heterocycles. The van der Waals surface area contributed by atoms with Crippen molar-refractivity contribution in [2.24, 2.45) is 5.92 Å². The van der Waals surface area contributed by atoms with Crippen LogP contribution in [0.1, 0.15) is 25.8 Å². The molecule has 2 heterocycles. The van der Waals surface area contributed by atoms with E-state index in [2.05, 4.69) is 19.2 Å². The van der Waals surface area contributed by atoms with Crippen LogP contribution >= 0.6 is 11.8 Å². The first-order valence-corrected chi connectivity index (χ1v) is 8.39. The Kier molecular flexibility index (Phi) is 5.73. The van der Waals surface area contributed by atoms with E-state index in [0.29, 0.717) is 24.1 Å². The van der Waals surface area contributed by atoms with Crippen molar-refractivity contribution in [2.45, 2.75) is 32.7 Å². The zero-order valence-electron chi connectivity index (χ0n) is 12.5. The van der Waals surface area contributed by atoms with Crippen LogP contribution < -0.4 is 5.32 Å². The highest BCUT2D eigenvalue weighted by Gasteiger charge is 2.34. The highest BCUT2D eigenvalue weighted by Crippen LogP contribution is 2.22. The second kappa shape index (κ2) is 7.54. The molecular formula is C15H22N2O3S. The second-order valence-corrected chi connectivity index (χ2v) is 6.66. The van der Waals surface area contributed by atoms with Crippen LogP contribution in [0, 0.1) is 5.92 Å². The van der Waals surface area contributed by atoms with Crippen molar-refractivity contribution in [3.63, 3.8) is 0 Å². The normalized spacial score (nSPS) is 18.2. The summed E-state index contributed by atoms with van der Waals surface area (Å²) in [4.78, 5) is 26.2. The predicted molar refractivity (Wildman–Crippen MR) is 82.8 cm³/mol. The van der Waals surface area contributed by atoms with Crippen molar-refractivity contribution < 1.29 is 14.0 Å². The lowest BCUT2D eigenvalue weighted by atomic mass is 10.1. The molecule has 1 aromatic rings. The number of hydrogen-bond acceptors (Lipinski definition) is 4. The fraction of sp³-hybridized carbons (Fsp3) is 0.600. The fourth-order valence-corrected chi connectivity index (χ4v) is 3.36. The maximum Gasteiger partial charge on any atom is 0.243 e. The van der Waals surface area contributed by atoms with Crippen molar-refractivity contribution in [1.82, 2.24) is 10.2 Å². The van der Waals surface area contributed by atoms with E-state index in [1.54, 1.807) is 35.3 Å². The molecule has 116 valence electrons. The minimum atomic E-state index is -0.346. The molecule has 0 unspecified atom stereocenters. The highest BCUT2D eigenvalue weighted by molar-refractivity contribution is 7.99. The topological polar surface area (TPSA) is 62.6 Å². The van der Waals surface area contributed by atoms with Crippen LogP contribution in [0.25, 0.3) is 0 Å². The van der Waals surface area contributed by atoms with E-state index in [9.17, 15) is 9.59 Å². The van der Waals surface area contributed by atoms with Crippen molar-refractivity contribution in [1.29, 1.82) is 0 Å². The van der Waals surface area contributed by atoms with Gasteiger partial charge in [0.1, 0.15) is 6.04 Å². The largest absolute Gasteiger partial charge is 0.472 e. The van der Waals surface area contributed by atoms with Crippen LogP contribution in [0.15, 0.2) is 23.0 Å². The standard InChI is InChI=1S/C15H22N2O3S/c1-11(2)3-5-16-15(19)13-9-21-10-17(13)14(18)7-12-4-6-20-8-12/h4,6,8,11,13H,3,5,7,9-10H2,1-2H3,(H,16,19)/t13-/m1/s1. The lowest BCUT2D eigenvalue weighted by Crippen LogP contribution is -2.48. The van der Waals surface area contributed by atoms with E-state index in [-0.39, 0.29) is 24.3 Å². The molecule has 0 spiro atoms. The van der Waals surface area contributed by atoms with Crippen molar-refractivity contribution in [3.05, 3.63) is 24.2 Å². The lowest BCUT2D eigenvalue weighted by Gasteiger charge is -2.23. The number of nitrogens with zero attached hydrogens (tertiary/aromatic N) is 1. The Hall–Kier alpha value is -1.43. The molecule has 2 amide bonds. The third-order valence-electron chi connectivity index (χ3n) is 3.46. The van der Waals surface area contributed by atoms with Gasteiger partial charge in [0.25, 0.3) is 0 Å². The summed E-state index contributed by atoms with van der Waals surface area (Å²) in [6.45, 7) is 4.91. The SMILES string of the molecule is CC(C)CCNC(=O)[C@H]1CSCN1C(=O)Cc1ccoc1. The molecule has 0 bridgehead atoms. The van der Waals surface area contributed by atoms with Gasteiger partial charge in [0.05, 0.1) is 24.8 Å². The maximum absolute atomic E-state index is 12.3. The van der Waals surface area contributed by atoms with Gasteiger partial charge in [-0.2, -0.15) is 0 Å². The number of thioether (sulfide) groups is 1. The van der Waals surface area contributed by atoms with Crippen LogP contribution in [-0.2, 0) is 16.0 Å². The lowest BCUT2D eigenvalue weighted by molar-refractivity contribution is -0.137. The van der Waals surface area contributed by atoms with Crippen LogP contribution in [0.2, 0.25) is 0 Å². The molecule has 5 nitrogen and oxygen atoms in total. The third kappa shape index (κ3) is 4.52. The van der Waals surface area contributed by atoms with Gasteiger partial charge in [0.15, 0.2) is 0 Å².